The summed E-state index contributed by atoms with van der Waals surface area (Å²) in [5.74, 6) is 0. The fourth-order valence-electron chi connectivity index (χ4n) is 5.09. The molecular weight excluding hydrogens is 525 g/mol. The van der Waals surface area contributed by atoms with Gasteiger partial charge in [0.1, 0.15) is 0 Å². The van der Waals surface area contributed by atoms with Crippen molar-refractivity contribution in [1.29, 1.82) is 5.26 Å². The molecule has 0 unspecified atom stereocenters. The zero-order chi connectivity index (χ0) is 24.6. The number of nitrogens with zero attached hydrogens (tertiary/aromatic N) is 5. The van der Waals surface area contributed by atoms with Gasteiger partial charge in [0.2, 0.25) is 0 Å². The van der Waals surface area contributed by atoms with E-state index in [-0.39, 0.29) is 31.3 Å². The van der Waals surface area contributed by atoms with E-state index in [4.69, 9.17) is 19.9 Å². The van der Waals surface area contributed by atoms with Gasteiger partial charge in [0.05, 0.1) is 28.7 Å². The Morgan fingerprint density at radius 2 is 1.49 bits per heavy atom. The molecule has 3 aliphatic heterocycles. The molecule has 8 bridgehead atoms. The zero-order valence-corrected chi connectivity index (χ0v) is 23.3. The van der Waals surface area contributed by atoms with Crippen molar-refractivity contribution in [1.82, 2.24) is 19.9 Å². The Labute approximate surface area is 221 Å². The minimum absolute atomic E-state index is 0. The molecule has 0 amide bonds. The maximum Gasteiger partial charge on any atom is 2.00 e. The van der Waals surface area contributed by atoms with Gasteiger partial charge < -0.3 is 9.97 Å². The van der Waals surface area contributed by atoms with Crippen molar-refractivity contribution < 1.29 is 20.4 Å². The van der Waals surface area contributed by atoms with Crippen LogP contribution < -0.4 is 9.97 Å². The molecule has 0 radical (unpaired) electrons. The average molecular weight is 556 g/mol. The predicted octanol–water partition coefficient (Wildman–Crippen LogP) is 5.77. The maximum atomic E-state index is 10.2. The first-order chi connectivity index (χ1) is 15.9. The van der Waals surface area contributed by atoms with Crippen molar-refractivity contribution in [2.45, 2.75) is 79.1 Å². The molecule has 2 aromatic heterocycles. The van der Waals surface area contributed by atoms with Crippen molar-refractivity contribution in [3.63, 3.8) is 0 Å². The largest absolute Gasteiger partial charge is 2.00 e. The number of hydrogen-bond donors (Lipinski definition) is 0. The smallest absolute Gasteiger partial charge is 0.664 e. The Kier molecular flexibility index (Phi) is 6.12. The molecule has 2 aromatic rings. The molecule has 0 atom stereocenters. The quantitative estimate of drug-likeness (QED) is 0.386. The van der Waals surface area contributed by atoms with Gasteiger partial charge in [-0.2, -0.15) is 16.6 Å². The first-order valence-electron chi connectivity index (χ1n) is 11.9. The van der Waals surface area contributed by atoms with E-state index in [2.05, 4.69) is 72.7 Å². The molecule has 0 N–H and O–H groups in total. The Morgan fingerprint density at radius 3 is 2.14 bits per heavy atom. The summed E-state index contributed by atoms with van der Waals surface area (Å²) >= 11 is 0. The van der Waals surface area contributed by atoms with Gasteiger partial charge in [-0.3, -0.25) is 4.98 Å². The summed E-state index contributed by atoms with van der Waals surface area (Å²) in [6.07, 6.45) is 1.55. The summed E-state index contributed by atoms with van der Waals surface area (Å²) in [6, 6.07) is 8.76. The number of aryl methyl sites for hydroxylation is 2. The molecule has 0 aromatic carbocycles. The molecule has 0 fully saturated rings. The molecule has 6 heteroatoms. The van der Waals surface area contributed by atoms with Crippen molar-refractivity contribution in [3.05, 3.63) is 69.1 Å². The van der Waals surface area contributed by atoms with Crippen molar-refractivity contribution in [3.8, 4) is 6.07 Å². The minimum Gasteiger partial charge on any atom is -0.664 e. The summed E-state index contributed by atoms with van der Waals surface area (Å²) < 4.78 is 0. The van der Waals surface area contributed by atoms with Gasteiger partial charge in [0.25, 0.3) is 0 Å². The van der Waals surface area contributed by atoms with E-state index < -0.39 is 0 Å². The second-order valence-electron chi connectivity index (χ2n) is 11.2. The van der Waals surface area contributed by atoms with Crippen LogP contribution in [0.3, 0.4) is 0 Å². The van der Waals surface area contributed by atoms with Crippen LogP contribution in [0.4, 0.5) is 0 Å². The third-order valence-electron chi connectivity index (χ3n) is 7.73. The minimum atomic E-state index is -0.176. The van der Waals surface area contributed by atoms with Gasteiger partial charge in [-0.1, -0.05) is 57.0 Å². The van der Waals surface area contributed by atoms with E-state index in [1.165, 1.54) is 0 Å². The van der Waals surface area contributed by atoms with Gasteiger partial charge >= 0.3 is 20.4 Å². The maximum absolute atomic E-state index is 10.2. The Bertz CT molecular complexity index is 1510. The van der Waals surface area contributed by atoms with Crippen LogP contribution in [0, 0.1) is 25.2 Å². The summed E-state index contributed by atoms with van der Waals surface area (Å²) in [7, 11) is 0. The van der Waals surface area contributed by atoms with Crippen LogP contribution in [0.15, 0.2) is 18.2 Å². The predicted molar refractivity (Wildman–Crippen MR) is 136 cm³/mol. The number of allylic oxidation sites excluding steroid dienone is 2. The van der Waals surface area contributed by atoms with Gasteiger partial charge in [-0.05, 0) is 50.7 Å². The number of fused-ring (bicyclic) bond motifs is 8. The second-order valence-corrected chi connectivity index (χ2v) is 11.2. The van der Waals surface area contributed by atoms with Gasteiger partial charge in [-0.15, -0.1) is 11.0 Å². The molecule has 5 heterocycles. The summed E-state index contributed by atoms with van der Waals surface area (Å²) in [4.78, 5) is 19.9. The SMILES string of the molecule is CC1=C(C)c2cc3[n-]c(c(C)c3C)c(C#N)c3nc(cc4[n-]c(cc1n2)C(C)(C)C4)C(C)(C)C3.[Pd+2]. The fourth-order valence-corrected chi connectivity index (χ4v) is 5.09. The summed E-state index contributed by atoms with van der Waals surface area (Å²) in [5, 5.41) is 10.2. The van der Waals surface area contributed by atoms with Gasteiger partial charge in [0, 0.05) is 17.5 Å². The topological polar surface area (TPSA) is 77.8 Å². The third kappa shape index (κ3) is 4.06. The fraction of sp³-hybridized carbons (Fsp3) is 0.414. The van der Waals surface area contributed by atoms with Crippen LogP contribution in [0.1, 0.15) is 92.4 Å². The third-order valence-corrected chi connectivity index (χ3v) is 7.73. The van der Waals surface area contributed by atoms with Crippen molar-refractivity contribution in [2.75, 3.05) is 0 Å². The Morgan fingerprint density at radius 1 is 0.829 bits per heavy atom. The number of nitriles is 1. The number of aromatic nitrogens is 4. The molecule has 35 heavy (non-hydrogen) atoms. The zero-order valence-electron chi connectivity index (χ0n) is 21.7. The molecule has 0 saturated heterocycles. The van der Waals surface area contributed by atoms with E-state index >= 15 is 0 Å². The van der Waals surface area contributed by atoms with Crippen molar-refractivity contribution >= 4 is 22.2 Å². The van der Waals surface area contributed by atoms with Crippen LogP contribution in [-0.4, -0.2) is 9.97 Å². The van der Waals surface area contributed by atoms with Crippen LogP contribution in [0.5, 0.6) is 0 Å². The Hall–Kier alpha value is -2.73. The van der Waals surface area contributed by atoms with E-state index in [9.17, 15) is 5.26 Å². The molecule has 5 rings (SSSR count). The van der Waals surface area contributed by atoms with E-state index in [0.717, 1.165) is 73.9 Å². The molecular formula is C29H31N5Pd. The summed E-state index contributed by atoms with van der Waals surface area (Å²) in [5.41, 5.74) is 12.1. The van der Waals surface area contributed by atoms with Gasteiger partial charge in [0.15, 0.2) is 0 Å². The summed E-state index contributed by atoms with van der Waals surface area (Å²) in [6.45, 7) is 17.2. The molecule has 0 aliphatic carbocycles. The number of hydrogen-bond acceptors (Lipinski definition) is 3. The van der Waals surface area contributed by atoms with E-state index in [0.29, 0.717) is 12.0 Å². The second kappa shape index (κ2) is 8.44. The van der Waals surface area contributed by atoms with Crippen LogP contribution in [-0.2, 0) is 44.1 Å². The first-order valence-corrected chi connectivity index (χ1v) is 11.9. The molecule has 3 aliphatic rings. The van der Waals surface area contributed by atoms with E-state index in [1.807, 2.05) is 6.92 Å². The average Bonchev–Trinajstić information content (AvgIpc) is 3.39. The van der Waals surface area contributed by atoms with Crippen molar-refractivity contribution in [2.24, 2.45) is 0 Å². The number of rotatable bonds is 0. The van der Waals surface area contributed by atoms with Crippen LogP contribution in [0.2, 0.25) is 0 Å². The molecule has 5 nitrogen and oxygen atoms in total. The molecule has 0 saturated carbocycles. The standard InChI is InChI=1S/C29H31N5.Pd/c1-15-16(2)23-11-26-28(5,6)12-19(31-26)9-25-29(7,8)13-24(33-25)20(14-30)27-18(4)17(3)22(34-27)10-21(15)32-23;/h9-11H,12-13H2,1-8H3;/q-2;+2. The normalized spacial score (nSPS) is 17.0. The Balaban J connectivity index is 0.00000289. The molecule has 182 valence electrons. The monoisotopic (exact) mass is 555 g/mol. The van der Waals surface area contributed by atoms with Crippen LogP contribution >= 0.6 is 0 Å². The van der Waals surface area contributed by atoms with Gasteiger partial charge in [-0.25, -0.2) is 4.98 Å². The van der Waals surface area contributed by atoms with Crippen LogP contribution in [0.25, 0.3) is 22.2 Å². The first kappa shape index (κ1) is 25.4. The van der Waals surface area contributed by atoms with E-state index in [1.54, 1.807) is 0 Å². The molecule has 0 spiro atoms.